The lowest BCUT2D eigenvalue weighted by molar-refractivity contribution is 0.279. The Bertz CT molecular complexity index is 492. The van der Waals surface area contributed by atoms with Crippen LogP contribution < -0.4 is 4.90 Å². The molecule has 1 aliphatic rings. The first-order valence-corrected chi connectivity index (χ1v) is 7.43. The zero-order valence-electron chi connectivity index (χ0n) is 10.4. The summed E-state index contributed by atoms with van der Waals surface area (Å²) in [6.07, 6.45) is 4.44. The number of anilines is 1. The van der Waals surface area contributed by atoms with Gasteiger partial charge in [0.15, 0.2) is 5.13 Å². The van der Waals surface area contributed by atoms with Crippen molar-refractivity contribution in [2.45, 2.75) is 31.7 Å². The van der Waals surface area contributed by atoms with Crippen molar-refractivity contribution in [3.63, 3.8) is 0 Å². The maximum Gasteiger partial charge on any atom is 0.186 e. The molecule has 3 nitrogen and oxygen atoms in total. The number of thiazole rings is 1. The van der Waals surface area contributed by atoms with Gasteiger partial charge in [-0.1, -0.05) is 23.5 Å². The summed E-state index contributed by atoms with van der Waals surface area (Å²) < 4.78 is 1.26. The number of hydrogen-bond acceptors (Lipinski definition) is 4. The number of aromatic nitrogens is 1. The van der Waals surface area contributed by atoms with Gasteiger partial charge in [0.1, 0.15) is 0 Å². The molecule has 2 heterocycles. The van der Waals surface area contributed by atoms with E-state index in [2.05, 4.69) is 23.1 Å². The molecule has 2 aromatic rings. The number of rotatable bonds is 4. The summed E-state index contributed by atoms with van der Waals surface area (Å²) in [4.78, 5) is 7.17. The van der Waals surface area contributed by atoms with Crippen LogP contribution >= 0.6 is 11.3 Å². The van der Waals surface area contributed by atoms with E-state index < -0.39 is 0 Å². The summed E-state index contributed by atoms with van der Waals surface area (Å²) in [5.41, 5.74) is 1.10. The molecule has 3 rings (SSSR count). The molecule has 0 radical (unpaired) electrons. The third-order valence-electron chi connectivity index (χ3n) is 3.60. The van der Waals surface area contributed by atoms with Crippen molar-refractivity contribution in [2.75, 3.05) is 18.1 Å². The van der Waals surface area contributed by atoms with E-state index >= 15 is 0 Å². The van der Waals surface area contributed by atoms with Gasteiger partial charge < -0.3 is 10.0 Å². The highest BCUT2D eigenvalue weighted by Gasteiger charge is 2.26. The Labute approximate surface area is 111 Å². The Morgan fingerprint density at radius 1 is 1.39 bits per heavy atom. The highest BCUT2D eigenvalue weighted by molar-refractivity contribution is 7.22. The van der Waals surface area contributed by atoms with Crippen LogP contribution in [0, 0.1) is 0 Å². The molecule has 1 atom stereocenters. The summed E-state index contributed by atoms with van der Waals surface area (Å²) in [5.74, 6) is 0. The monoisotopic (exact) mass is 262 g/mol. The number of para-hydroxylation sites is 1. The van der Waals surface area contributed by atoms with Crippen LogP contribution in [-0.4, -0.2) is 29.3 Å². The van der Waals surface area contributed by atoms with Crippen molar-refractivity contribution >= 4 is 26.7 Å². The van der Waals surface area contributed by atoms with Gasteiger partial charge in [-0.3, -0.25) is 0 Å². The Hall–Kier alpha value is -1.13. The molecule has 1 unspecified atom stereocenters. The van der Waals surface area contributed by atoms with Gasteiger partial charge >= 0.3 is 0 Å². The topological polar surface area (TPSA) is 36.4 Å². The van der Waals surface area contributed by atoms with Crippen LogP contribution in [0.5, 0.6) is 0 Å². The molecule has 1 saturated heterocycles. The fourth-order valence-electron chi connectivity index (χ4n) is 2.70. The Kier molecular flexibility index (Phi) is 3.48. The van der Waals surface area contributed by atoms with E-state index in [-0.39, 0.29) is 0 Å². The van der Waals surface area contributed by atoms with Crippen molar-refractivity contribution in [3.8, 4) is 0 Å². The predicted molar refractivity (Wildman–Crippen MR) is 76.3 cm³/mol. The Morgan fingerprint density at radius 3 is 3.11 bits per heavy atom. The number of benzene rings is 1. The molecule has 0 aliphatic carbocycles. The van der Waals surface area contributed by atoms with Gasteiger partial charge in [0.2, 0.25) is 0 Å². The van der Waals surface area contributed by atoms with Gasteiger partial charge in [0.25, 0.3) is 0 Å². The molecule has 1 aromatic carbocycles. The van der Waals surface area contributed by atoms with Gasteiger partial charge in [-0.05, 0) is 37.8 Å². The molecule has 18 heavy (non-hydrogen) atoms. The molecule has 4 heteroatoms. The summed E-state index contributed by atoms with van der Waals surface area (Å²) in [6, 6.07) is 8.89. The van der Waals surface area contributed by atoms with Crippen LogP contribution in [0.3, 0.4) is 0 Å². The maximum absolute atomic E-state index is 8.97. The van der Waals surface area contributed by atoms with Gasteiger partial charge in [-0.15, -0.1) is 0 Å². The van der Waals surface area contributed by atoms with Crippen molar-refractivity contribution in [3.05, 3.63) is 24.3 Å². The van der Waals surface area contributed by atoms with Gasteiger partial charge in [-0.2, -0.15) is 0 Å². The van der Waals surface area contributed by atoms with E-state index in [4.69, 9.17) is 10.1 Å². The third-order valence-corrected chi connectivity index (χ3v) is 4.67. The fraction of sp³-hybridized carbons (Fsp3) is 0.500. The Morgan fingerprint density at radius 2 is 2.28 bits per heavy atom. The molecule has 96 valence electrons. The van der Waals surface area contributed by atoms with Crippen LogP contribution in [0.15, 0.2) is 24.3 Å². The van der Waals surface area contributed by atoms with Crippen molar-refractivity contribution < 1.29 is 5.11 Å². The summed E-state index contributed by atoms with van der Waals surface area (Å²) in [6.45, 7) is 1.40. The maximum atomic E-state index is 8.97. The van der Waals surface area contributed by atoms with Gasteiger partial charge in [0.05, 0.1) is 10.2 Å². The van der Waals surface area contributed by atoms with Crippen LogP contribution in [0.4, 0.5) is 5.13 Å². The third kappa shape index (κ3) is 2.22. The molecular weight excluding hydrogens is 244 g/mol. The first-order valence-electron chi connectivity index (χ1n) is 6.61. The first-order chi connectivity index (χ1) is 8.88. The first kappa shape index (κ1) is 11.9. The fourth-order valence-corrected chi connectivity index (χ4v) is 3.76. The van der Waals surface area contributed by atoms with Gasteiger partial charge in [0, 0.05) is 19.2 Å². The minimum atomic E-state index is 0.296. The second-order valence-corrected chi connectivity index (χ2v) is 5.83. The van der Waals surface area contributed by atoms with E-state index in [1.165, 1.54) is 17.5 Å². The second kappa shape index (κ2) is 5.24. The van der Waals surface area contributed by atoms with E-state index in [0.717, 1.165) is 30.0 Å². The lowest BCUT2D eigenvalue weighted by atomic mass is 10.1. The van der Waals surface area contributed by atoms with Crippen molar-refractivity contribution in [1.82, 2.24) is 4.98 Å². The SMILES string of the molecule is OCCCC1CCCN1c1nc2ccccc2s1. The second-order valence-electron chi connectivity index (χ2n) is 4.82. The normalized spacial score (nSPS) is 19.8. The average Bonchev–Trinajstić information content (AvgIpc) is 3.01. The van der Waals surface area contributed by atoms with Crippen LogP contribution in [0.2, 0.25) is 0 Å². The summed E-state index contributed by atoms with van der Waals surface area (Å²) in [5, 5.41) is 10.1. The molecular formula is C14H18N2OS. The molecule has 1 fully saturated rings. The molecule has 0 spiro atoms. The van der Waals surface area contributed by atoms with Crippen molar-refractivity contribution in [1.29, 1.82) is 0 Å². The quantitative estimate of drug-likeness (QED) is 0.920. The average molecular weight is 262 g/mol. The molecule has 0 bridgehead atoms. The zero-order chi connectivity index (χ0) is 12.4. The molecule has 1 aliphatic heterocycles. The highest BCUT2D eigenvalue weighted by atomic mass is 32.1. The highest BCUT2D eigenvalue weighted by Crippen LogP contribution is 2.34. The summed E-state index contributed by atoms with van der Waals surface area (Å²) in [7, 11) is 0. The predicted octanol–water partition coefficient (Wildman–Crippen LogP) is 3.04. The van der Waals surface area contributed by atoms with Gasteiger partial charge in [-0.25, -0.2) is 4.98 Å². The number of aliphatic hydroxyl groups excluding tert-OH is 1. The van der Waals surface area contributed by atoms with Crippen LogP contribution in [0.25, 0.3) is 10.2 Å². The lowest BCUT2D eigenvalue weighted by Gasteiger charge is -2.23. The van der Waals surface area contributed by atoms with E-state index in [1.807, 2.05) is 6.07 Å². The van der Waals surface area contributed by atoms with Crippen LogP contribution in [-0.2, 0) is 0 Å². The molecule has 1 N–H and O–H groups in total. The molecule has 0 amide bonds. The summed E-state index contributed by atoms with van der Waals surface area (Å²) >= 11 is 1.78. The largest absolute Gasteiger partial charge is 0.396 e. The Balaban J connectivity index is 1.84. The number of aliphatic hydroxyl groups is 1. The minimum absolute atomic E-state index is 0.296. The van der Waals surface area contributed by atoms with E-state index in [0.29, 0.717) is 12.6 Å². The van der Waals surface area contributed by atoms with E-state index in [1.54, 1.807) is 11.3 Å². The molecule has 1 aromatic heterocycles. The van der Waals surface area contributed by atoms with Crippen molar-refractivity contribution in [2.24, 2.45) is 0 Å². The van der Waals surface area contributed by atoms with E-state index in [9.17, 15) is 0 Å². The smallest absolute Gasteiger partial charge is 0.186 e. The lowest BCUT2D eigenvalue weighted by Crippen LogP contribution is -2.29. The number of nitrogens with zero attached hydrogens (tertiary/aromatic N) is 2. The minimum Gasteiger partial charge on any atom is -0.396 e. The van der Waals surface area contributed by atoms with Crippen LogP contribution in [0.1, 0.15) is 25.7 Å². The number of fused-ring (bicyclic) bond motifs is 1. The number of hydrogen-bond donors (Lipinski definition) is 1. The zero-order valence-corrected chi connectivity index (χ0v) is 11.2. The molecule has 0 saturated carbocycles. The standard InChI is InChI=1S/C14H18N2OS/c17-10-4-6-11-5-3-9-16(11)14-15-12-7-1-2-8-13(12)18-14/h1-2,7-8,11,17H,3-6,9-10H2.